The van der Waals surface area contributed by atoms with E-state index in [0.29, 0.717) is 17.0 Å². The van der Waals surface area contributed by atoms with Crippen LogP contribution in [0.4, 0.5) is 0 Å². The van der Waals surface area contributed by atoms with Crippen molar-refractivity contribution in [3.05, 3.63) is 58.9 Å². The minimum Gasteiger partial charge on any atom is -0.494 e. The van der Waals surface area contributed by atoms with Gasteiger partial charge in [0.25, 0.3) is 5.91 Å². The van der Waals surface area contributed by atoms with Crippen LogP contribution in [0.25, 0.3) is 10.2 Å². The fourth-order valence-corrected chi connectivity index (χ4v) is 4.99. The molecule has 3 aromatic rings. The van der Waals surface area contributed by atoms with Crippen LogP contribution in [0.5, 0.6) is 5.75 Å². The molecule has 1 amide bonds. The van der Waals surface area contributed by atoms with Gasteiger partial charge in [0.1, 0.15) is 11.5 Å². The third kappa shape index (κ3) is 4.84. The molecule has 1 aromatic heterocycles. The highest BCUT2D eigenvalue weighted by atomic mass is 32.2. The van der Waals surface area contributed by atoms with Crippen LogP contribution in [0, 0.1) is 0 Å². The first-order valence-electron chi connectivity index (χ1n) is 8.42. The lowest BCUT2D eigenvalue weighted by atomic mass is 10.2. The van der Waals surface area contributed by atoms with Crippen molar-refractivity contribution in [3.63, 3.8) is 0 Å². The van der Waals surface area contributed by atoms with Crippen molar-refractivity contribution in [2.75, 3.05) is 12.4 Å². The average molecular weight is 405 g/mol. The van der Waals surface area contributed by atoms with E-state index in [1.807, 2.05) is 31.2 Å². The van der Waals surface area contributed by atoms with E-state index in [-0.39, 0.29) is 5.75 Å². The molecular weight excluding hydrogens is 384 g/mol. The number of sulfone groups is 1. The molecule has 0 unspecified atom stereocenters. The third-order valence-corrected chi connectivity index (χ3v) is 6.44. The molecular formula is C19H20N2O4S2. The summed E-state index contributed by atoms with van der Waals surface area (Å²) in [5, 5.41) is 0. The Morgan fingerprint density at radius 1 is 1.19 bits per heavy atom. The molecule has 0 saturated carbocycles. The zero-order valence-electron chi connectivity index (χ0n) is 15.1. The van der Waals surface area contributed by atoms with E-state index < -0.39 is 21.5 Å². The predicted molar refractivity (Wildman–Crippen MR) is 106 cm³/mol. The molecule has 0 fully saturated rings. The monoisotopic (exact) mass is 404 g/mol. The normalized spacial score (nSPS) is 12.4. The molecule has 0 saturated heterocycles. The molecule has 1 heterocycles. The van der Waals surface area contributed by atoms with Crippen LogP contribution >= 0.6 is 11.3 Å². The van der Waals surface area contributed by atoms with Crippen LogP contribution in [0.2, 0.25) is 0 Å². The summed E-state index contributed by atoms with van der Waals surface area (Å²) >= 11 is 1.32. The lowest BCUT2D eigenvalue weighted by Gasteiger charge is -2.02. The van der Waals surface area contributed by atoms with E-state index in [1.165, 1.54) is 11.3 Å². The molecule has 0 radical (unpaired) electrons. The molecule has 0 atom stereocenters. The highest BCUT2D eigenvalue weighted by molar-refractivity contribution is 7.91. The number of nitrogens with zero attached hydrogens (tertiary/aromatic N) is 2. The highest BCUT2D eigenvalue weighted by Crippen LogP contribution is 2.22. The van der Waals surface area contributed by atoms with Crippen LogP contribution in [0.15, 0.2) is 53.5 Å². The molecule has 3 rings (SSSR count). The first kappa shape index (κ1) is 19.3. The van der Waals surface area contributed by atoms with E-state index in [0.717, 1.165) is 16.0 Å². The molecule has 0 aliphatic rings. The molecule has 6 nitrogen and oxygen atoms in total. The van der Waals surface area contributed by atoms with Crippen molar-refractivity contribution in [2.45, 2.75) is 12.7 Å². The number of amides is 1. The van der Waals surface area contributed by atoms with Crippen molar-refractivity contribution in [3.8, 4) is 5.75 Å². The summed E-state index contributed by atoms with van der Waals surface area (Å²) in [6, 6.07) is 14.4. The number of hydrogen-bond acceptors (Lipinski definition) is 5. The number of hydrogen-bond donors (Lipinski definition) is 0. The summed E-state index contributed by atoms with van der Waals surface area (Å²) in [6.45, 7) is 2.48. The minimum absolute atomic E-state index is 0.175. The van der Waals surface area contributed by atoms with Crippen molar-refractivity contribution in [1.82, 2.24) is 4.57 Å². The zero-order chi connectivity index (χ0) is 19.4. The van der Waals surface area contributed by atoms with Gasteiger partial charge in [0.05, 0.1) is 22.6 Å². The van der Waals surface area contributed by atoms with Crippen molar-refractivity contribution >= 4 is 37.3 Å². The first-order chi connectivity index (χ1) is 12.9. The molecule has 27 heavy (non-hydrogen) atoms. The van der Waals surface area contributed by atoms with Gasteiger partial charge in [-0.15, -0.1) is 0 Å². The van der Waals surface area contributed by atoms with Crippen LogP contribution in [-0.2, 0) is 27.4 Å². The van der Waals surface area contributed by atoms with Gasteiger partial charge in [-0.05, 0) is 30.7 Å². The molecule has 8 heteroatoms. The van der Waals surface area contributed by atoms with E-state index in [4.69, 9.17) is 4.74 Å². The second kappa shape index (κ2) is 8.06. The van der Waals surface area contributed by atoms with Gasteiger partial charge in [0.15, 0.2) is 14.6 Å². The molecule has 0 N–H and O–H groups in total. The molecule has 0 spiro atoms. The van der Waals surface area contributed by atoms with Gasteiger partial charge in [-0.3, -0.25) is 4.79 Å². The quantitative estimate of drug-likeness (QED) is 0.633. The number of aromatic nitrogens is 1. The Balaban J connectivity index is 1.83. The number of carbonyl (C=O) groups is 1. The molecule has 0 bridgehead atoms. The van der Waals surface area contributed by atoms with E-state index in [1.54, 1.807) is 35.9 Å². The Morgan fingerprint density at radius 2 is 1.93 bits per heavy atom. The lowest BCUT2D eigenvalue weighted by molar-refractivity contribution is -0.115. The molecule has 0 aliphatic heterocycles. The minimum atomic E-state index is -3.58. The maximum Gasteiger partial charge on any atom is 0.263 e. The van der Waals surface area contributed by atoms with Gasteiger partial charge < -0.3 is 9.30 Å². The number of thiazole rings is 1. The Bertz CT molecular complexity index is 1130. The Labute approximate surface area is 161 Å². The Hall–Kier alpha value is -2.45. The zero-order valence-corrected chi connectivity index (χ0v) is 16.7. The summed E-state index contributed by atoms with van der Waals surface area (Å²) in [6.07, 6.45) is 0. The number of rotatable bonds is 6. The fraction of sp³-hybridized carbons (Fsp3) is 0.263. The summed E-state index contributed by atoms with van der Waals surface area (Å²) < 4.78 is 32.7. The number of carbonyl (C=O) groups excluding carboxylic acids is 1. The maximum absolute atomic E-state index is 12.3. The first-order valence-corrected chi connectivity index (χ1v) is 11.1. The van der Waals surface area contributed by atoms with Crippen LogP contribution in [-0.4, -0.2) is 31.3 Å². The van der Waals surface area contributed by atoms with Crippen LogP contribution < -0.4 is 9.54 Å². The topological polar surface area (TPSA) is 77.7 Å². The standard InChI is InChI=1S/C19H20N2O4S2/c1-3-25-15-9-10-16-17(11-15)26-19(21(16)2)20-18(22)13-27(23,24)12-14-7-5-4-6-8-14/h4-11H,3,12-13H2,1-2H3. The fourth-order valence-electron chi connectivity index (χ4n) is 2.68. The van der Waals surface area contributed by atoms with E-state index in [2.05, 4.69) is 4.99 Å². The summed E-state index contributed by atoms with van der Waals surface area (Å²) in [7, 11) is -1.78. The van der Waals surface area contributed by atoms with E-state index >= 15 is 0 Å². The second-order valence-electron chi connectivity index (χ2n) is 6.03. The van der Waals surface area contributed by atoms with Gasteiger partial charge in [-0.25, -0.2) is 8.42 Å². The van der Waals surface area contributed by atoms with Gasteiger partial charge in [0, 0.05) is 7.05 Å². The third-order valence-electron chi connectivity index (χ3n) is 3.88. The van der Waals surface area contributed by atoms with Crippen molar-refractivity contribution < 1.29 is 17.9 Å². The molecule has 2 aromatic carbocycles. The van der Waals surface area contributed by atoms with Crippen molar-refractivity contribution in [1.29, 1.82) is 0 Å². The van der Waals surface area contributed by atoms with Crippen LogP contribution in [0.1, 0.15) is 12.5 Å². The number of benzene rings is 2. The predicted octanol–water partition coefficient (Wildman–Crippen LogP) is 2.68. The summed E-state index contributed by atoms with van der Waals surface area (Å²) in [5.74, 6) is -0.709. The maximum atomic E-state index is 12.3. The number of ether oxygens (including phenoxy) is 1. The summed E-state index contributed by atoms with van der Waals surface area (Å²) in [4.78, 5) is 16.7. The van der Waals surface area contributed by atoms with Crippen molar-refractivity contribution in [2.24, 2.45) is 12.0 Å². The van der Waals surface area contributed by atoms with Gasteiger partial charge in [-0.2, -0.15) is 4.99 Å². The second-order valence-corrected chi connectivity index (χ2v) is 9.10. The van der Waals surface area contributed by atoms with E-state index in [9.17, 15) is 13.2 Å². The average Bonchev–Trinajstić information content (AvgIpc) is 2.90. The molecule has 0 aliphatic carbocycles. The number of fused-ring (bicyclic) bond motifs is 1. The largest absolute Gasteiger partial charge is 0.494 e. The lowest BCUT2D eigenvalue weighted by Crippen LogP contribution is -2.20. The SMILES string of the molecule is CCOc1ccc2c(c1)sc(=NC(=O)CS(=O)(=O)Cc1ccccc1)n2C. The number of aryl methyl sites for hydroxylation is 1. The van der Waals surface area contributed by atoms with Crippen LogP contribution in [0.3, 0.4) is 0 Å². The Morgan fingerprint density at radius 3 is 2.63 bits per heavy atom. The van der Waals surface area contributed by atoms with Gasteiger partial charge >= 0.3 is 0 Å². The molecule has 142 valence electrons. The van der Waals surface area contributed by atoms with Gasteiger partial charge in [0.2, 0.25) is 0 Å². The highest BCUT2D eigenvalue weighted by Gasteiger charge is 2.17. The summed E-state index contributed by atoms with van der Waals surface area (Å²) in [5.41, 5.74) is 1.56. The van der Waals surface area contributed by atoms with Gasteiger partial charge in [-0.1, -0.05) is 41.7 Å². The Kier molecular flexibility index (Phi) is 5.76. The smallest absolute Gasteiger partial charge is 0.263 e.